The second-order valence-corrected chi connectivity index (χ2v) is 7.38. The number of benzene rings is 1. The Morgan fingerprint density at radius 2 is 1.73 bits per heavy atom. The first-order chi connectivity index (χ1) is 14.7. The van der Waals surface area contributed by atoms with Crippen LogP contribution < -0.4 is 16.4 Å². The van der Waals surface area contributed by atoms with Crippen LogP contribution >= 0.6 is 0 Å². The third-order valence-electron chi connectivity index (χ3n) is 5.33. The van der Waals surface area contributed by atoms with Crippen LogP contribution in [-0.4, -0.2) is 54.1 Å². The summed E-state index contributed by atoms with van der Waals surface area (Å²) in [5.41, 5.74) is 9.71. The molecular formula is C24H34N6. The third-order valence-corrected chi connectivity index (χ3v) is 5.33. The molecular weight excluding hydrogens is 372 g/mol. The minimum Gasteiger partial charge on any atom is -0.385 e. The van der Waals surface area contributed by atoms with Crippen molar-refractivity contribution < 1.29 is 0 Å². The van der Waals surface area contributed by atoms with Gasteiger partial charge in [0.15, 0.2) is 0 Å². The Kier molecular flexibility index (Phi) is 8.41. The molecule has 0 saturated heterocycles. The predicted octanol–water partition coefficient (Wildman–Crippen LogP) is 4.20. The normalized spacial score (nSPS) is 11.2. The van der Waals surface area contributed by atoms with Gasteiger partial charge in [0, 0.05) is 35.9 Å². The lowest BCUT2D eigenvalue weighted by molar-refractivity contribution is 0.303. The number of aromatic nitrogens is 2. The number of nitrogens with one attached hydrogen (secondary N) is 2. The fourth-order valence-corrected chi connectivity index (χ4v) is 3.50. The van der Waals surface area contributed by atoms with Gasteiger partial charge in [-0.25, -0.2) is 4.98 Å². The molecule has 6 heteroatoms. The Bertz CT molecular complexity index is 905. The Morgan fingerprint density at radius 3 is 2.47 bits per heavy atom. The van der Waals surface area contributed by atoms with E-state index in [1.54, 1.807) is 0 Å². The van der Waals surface area contributed by atoms with E-state index in [0.717, 1.165) is 79.2 Å². The lowest BCUT2D eigenvalue weighted by Crippen LogP contribution is -2.25. The fraction of sp³-hybridized carbons (Fsp3) is 0.417. The van der Waals surface area contributed by atoms with Gasteiger partial charge in [-0.1, -0.05) is 26.0 Å². The molecule has 3 aromatic rings. The van der Waals surface area contributed by atoms with Gasteiger partial charge in [-0.15, -0.1) is 0 Å². The number of nitrogens with two attached hydrogens (primary N) is 1. The maximum Gasteiger partial charge on any atom is 0.136 e. The average molecular weight is 407 g/mol. The lowest BCUT2D eigenvalue weighted by atomic mass is 10.1. The molecule has 4 N–H and O–H groups in total. The van der Waals surface area contributed by atoms with Gasteiger partial charge < -0.3 is 21.3 Å². The zero-order valence-electron chi connectivity index (χ0n) is 18.2. The minimum atomic E-state index is 0.659. The van der Waals surface area contributed by atoms with Gasteiger partial charge in [0.1, 0.15) is 5.82 Å². The van der Waals surface area contributed by atoms with Gasteiger partial charge in [-0.2, -0.15) is 0 Å². The van der Waals surface area contributed by atoms with E-state index in [1.165, 1.54) is 0 Å². The summed E-state index contributed by atoms with van der Waals surface area (Å²) in [5.74, 6) is 0.864. The van der Waals surface area contributed by atoms with E-state index in [1.807, 2.05) is 12.3 Å². The summed E-state index contributed by atoms with van der Waals surface area (Å²) in [4.78, 5) is 11.8. The molecule has 6 nitrogen and oxygen atoms in total. The van der Waals surface area contributed by atoms with Gasteiger partial charge in [0.2, 0.25) is 0 Å². The summed E-state index contributed by atoms with van der Waals surface area (Å²) in [6.07, 6.45) is 3.86. The number of anilines is 2. The van der Waals surface area contributed by atoms with Gasteiger partial charge in [0.25, 0.3) is 0 Å². The van der Waals surface area contributed by atoms with Crippen LogP contribution in [0.3, 0.4) is 0 Å². The topological polar surface area (TPSA) is 79.1 Å². The zero-order chi connectivity index (χ0) is 21.2. The van der Waals surface area contributed by atoms with E-state index in [9.17, 15) is 0 Å². The molecule has 0 aliphatic carbocycles. The number of nitrogens with zero attached hydrogens (tertiary/aromatic N) is 3. The molecule has 30 heavy (non-hydrogen) atoms. The monoisotopic (exact) mass is 406 g/mol. The SMILES string of the molecule is CCN(CC)CCCNc1ccc(-c2cc3ncccc3c(NCCCN)n2)cc1. The van der Waals surface area contributed by atoms with Gasteiger partial charge in [0.05, 0.1) is 11.2 Å². The zero-order valence-corrected chi connectivity index (χ0v) is 18.2. The van der Waals surface area contributed by atoms with E-state index >= 15 is 0 Å². The molecule has 0 aliphatic rings. The molecule has 0 spiro atoms. The molecule has 0 unspecified atom stereocenters. The summed E-state index contributed by atoms with van der Waals surface area (Å²) >= 11 is 0. The van der Waals surface area contributed by atoms with Gasteiger partial charge >= 0.3 is 0 Å². The summed E-state index contributed by atoms with van der Waals surface area (Å²) in [7, 11) is 0. The van der Waals surface area contributed by atoms with Crippen LogP contribution in [0.5, 0.6) is 0 Å². The molecule has 0 bridgehead atoms. The quantitative estimate of drug-likeness (QED) is 0.391. The molecule has 0 fully saturated rings. The van der Waals surface area contributed by atoms with Crippen LogP contribution in [0.1, 0.15) is 26.7 Å². The standard InChI is InChI=1S/C24H34N6/c1-3-30(4-2)17-7-16-26-20-11-9-19(10-12-20)22-18-23-21(8-5-14-27-23)24(29-22)28-15-6-13-25/h5,8-12,14,18,26H,3-4,6-7,13,15-17,25H2,1-2H3,(H,28,29). The van der Waals surface area contributed by atoms with Crippen molar-refractivity contribution in [3.05, 3.63) is 48.7 Å². The number of rotatable bonds is 12. The summed E-state index contributed by atoms with van der Waals surface area (Å²) in [6.45, 7) is 10.2. The van der Waals surface area contributed by atoms with Crippen molar-refractivity contribution in [2.45, 2.75) is 26.7 Å². The molecule has 1 aromatic carbocycles. The van der Waals surface area contributed by atoms with Gasteiger partial charge in [-0.3, -0.25) is 4.98 Å². The number of hydrogen-bond donors (Lipinski definition) is 3. The predicted molar refractivity (Wildman–Crippen MR) is 128 cm³/mol. The minimum absolute atomic E-state index is 0.659. The molecule has 0 amide bonds. The van der Waals surface area contributed by atoms with Crippen LogP contribution in [0, 0.1) is 0 Å². The number of fused-ring (bicyclic) bond motifs is 1. The van der Waals surface area contributed by atoms with Crippen LogP contribution in [0.15, 0.2) is 48.7 Å². The highest BCUT2D eigenvalue weighted by atomic mass is 15.1. The second kappa shape index (κ2) is 11.5. The van der Waals surface area contributed by atoms with Gasteiger partial charge in [-0.05, 0) is 69.4 Å². The number of pyridine rings is 2. The Hall–Kier alpha value is -2.70. The maximum atomic E-state index is 5.63. The highest BCUT2D eigenvalue weighted by Gasteiger charge is 2.08. The lowest BCUT2D eigenvalue weighted by Gasteiger charge is -2.18. The number of hydrogen-bond acceptors (Lipinski definition) is 6. The molecule has 0 atom stereocenters. The van der Waals surface area contributed by atoms with Crippen molar-refractivity contribution in [3.8, 4) is 11.3 Å². The van der Waals surface area contributed by atoms with Crippen LogP contribution in [0.2, 0.25) is 0 Å². The van der Waals surface area contributed by atoms with Crippen molar-refractivity contribution in [3.63, 3.8) is 0 Å². The molecule has 3 rings (SSSR count). The first-order valence-electron chi connectivity index (χ1n) is 11.0. The van der Waals surface area contributed by atoms with Crippen molar-refractivity contribution in [2.24, 2.45) is 5.73 Å². The van der Waals surface area contributed by atoms with E-state index in [2.05, 4.69) is 70.8 Å². The van der Waals surface area contributed by atoms with Crippen molar-refractivity contribution in [2.75, 3.05) is 49.9 Å². The molecule has 0 aliphatic heterocycles. The smallest absolute Gasteiger partial charge is 0.136 e. The Morgan fingerprint density at radius 1 is 0.967 bits per heavy atom. The second-order valence-electron chi connectivity index (χ2n) is 7.38. The van der Waals surface area contributed by atoms with E-state index < -0.39 is 0 Å². The summed E-state index contributed by atoms with van der Waals surface area (Å²) in [6, 6.07) is 14.5. The molecule has 0 radical (unpaired) electrons. The highest BCUT2D eigenvalue weighted by Crippen LogP contribution is 2.27. The molecule has 160 valence electrons. The average Bonchev–Trinajstić information content (AvgIpc) is 2.79. The highest BCUT2D eigenvalue weighted by molar-refractivity contribution is 5.92. The fourth-order valence-electron chi connectivity index (χ4n) is 3.50. The third kappa shape index (κ3) is 5.90. The first-order valence-corrected chi connectivity index (χ1v) is 11.0. The van der Waals surface area contributed by atoms with Crippen LogP contribution in [-0.2, 0) is 0 Å². The summed E-state index contributed by atoms with van der Waals surface area (Å²) in [5, 5.41) is 7.97. The maximum absolute atomic E-state index is 5.63. The Labute approximate surface area is 179 Å². The largest absolute Gasteiger partial charge is 0.385 e. The van der Waals surface area contributed by atoms with E-state index in [-0.39, 0.29) is 0 Å². The van der Waals surface area contributed by atoms with E-state index in [0.29, 0.717) is 6.54 Å². The molecule has 2 aromatic heterocycles. The van der Waals surface area contributed by atoms with Crippen LogP contribution in [0.25, 0.3) is 22.2 Å². The van der Waals surface area contributed by atoms with E-state index in [4.69, 9.17) is 10.7 Å². The molecule has 0 saturated carbocycles. The van der Waals surface area contributed by atoms with Crippen LogP contribution in [0.4, 0.5) is 11.5 Å². The van der Waals surface area contributed by atoms with Crippen molar-refractivity contribution >= 4 is 22.4 Å². The Balaban J connectivity index is 1.69. The summed E-state index contributed by atoms with van der Waals surface area (Å²) < 4.78 is 0. The van der Waals surface area contributed by atoms with Crippen molar-refractivity contribution in [1.82, 2.24) is 14.9 Å². The molecule has 2 heterocycles. The first kappa shape index (κ1) is 22.0. The van der Waals surface area contributed by atoms with Crippen molar-refractivity contribution in [1.29, 1.82) is 0 Å².